The van der Waals surface area contributed by atoms with Crippen molar-refractivity contribution in [2.24, 2.45) is 11.5 Å². The van der Waals surface area contributed by atoms with Gasteiger partial charge in [0.25, 0.3) is 0 Å². The maximum Gasteiger partial charge on any atom is 0.236 e. The molecule has 0 aliphatic rings. The lowest BCUT2D eigenvalue weighted by molar-refractivity contribution is -0.117. The molecule has 0 aromatic heterocycles. The number of para-hydroxylation sites is 1. The first kappa shape index (κ1) is 16.0. The van der Waals surface area contributed by atoms with Crippen LogP contribution in [0, 0.1) is 0 Å². The lowest BCUT2D eigenvalue weighted by atomic mass is 10.1. The van der Waals surface area contributed by atoms with Crippen LogP contribution in [0.25, 0.3) is 0 Å². The van der Waals surface area contributed by atoms with Gasteiger partial charge in [-0.3, -0.25) is 9.59 Å². The van der Waals surface area contributed by atoms with Crippen molar-refractivity contribution in [2.45, 2.75) is 26.4 Å². The number of nitrogens with one attached hydrogen (secondary N) is 1. The van der Waals surface area contributed by atoms with Crippen molar-refractivity contribution in [2.75, 3.05) is 18.0 Å². The van der Waals surface area contributed by atoms with Crippen LogP contribution in [0.5, 0.6) is 0 Å². The third-order valence-corrected chi connectivity index (χ3v) is 2.73. The molecule has 20 heavy (non-hydrogen) atoms. The highest BCUT2D eigenvalue weighted by Gasteiger charge is 2.15. The normalized spacial score (nSPS) is 10.6. The molecule has 1 aromatic carbocycles. The molecule has 0 bridgehead atoms. The second-order valence-electron chi connectivity index (χ2n) is 4.95. The summed E-state index contributed by atoms with van der Waals surface area (Å²) in [7, 11) is 0. The standard InChI is InChI=1S/C14H22N4O2/c1-10(2)17-7-11-5-3-4-6-12(11)18(8-13(15)19)9-14(16)20/h3-6,10,17H,7-9H2,1-2H3,(H2,15,19)(H2,16,20). The third-order valence-electron chi connectivity index (χ3n) is 2.73. The molecule has 6 heteroatoms. The molecule has 1 rings (SSSR count). The van der Waals surface area contributed by atoms with Gasteiger partial charge in [-0.05, 0) is 11.6 Å². The van der Waals surface area contributed by atoms with Gasteiger partial charge in [0, 0.05) is 18.3 Å². The zero-order valence-electron chi connectivity index (χ0n) is 11.9. The minimum Gasteiger partial charge on any atom is -0.368 e. The van der Waals surface area contributed by atoms with E-state index in [4.69, 9.17) is 11.5 Å². The molecule has 0 saturated heterocycles. The SMILES string of the molecule is CC(C)NCc1ccccc1N(CC(N)=O)CC(N)=O. The lowest BCUT2D eigenvalue weighted by Crippen LogP contribution is -2.40. The maximum absolute atomic E-state index is 11.2. The zero-order chi connectivity index (χ0) is 15.1. The minimum absolute atomic E-state index is 0.0400. The fraction of sp³-hybridized carbons (Fsp3) is 0.429. The van der Waals surface area contributed by atoms with Crippen LogP contribution in [0.3, 0.4) is 0 Å². The van der Waals surface area contributed by atoms with E-state index in [9.17, 15) is 9.59 Å². The number of primary amides is 2. The number of rotatable bonds is 8. The van der Waals surface area contributed by atoms with Crippen LogP contribution < -0.4 is 21.7 Å². The molecule has 0 fully saturated rings. The molecule has 0 spiro atoms. The topological polar surface area (TPSA) is 101 Å². The van der Waals surface area contributed by atoms with Crippen LogP contribution in [-0.4, -0.2) is 30.9 Å². The Morgan fingerprint density at radius 1 is 1.15 bits per heavy atom. The van der Waals surface area contributed by atoms with Gasteiger partial charge in [0.1, 0.15) is 0 Å². The van der Waals surface area contributed by atoms with Crippen LogP contribution in [0.2, 0.25) is 0 Å². The Balaban J connectivity index is 2.98. The monoisotopic (exact) mass is 278 g/mol. The summed E-state index contributed by atoms with van der Waals surface area (Å²) in [6, 6.07) is 7.89. The molecule has 0 unspecified atom stereocenters. The van der Waals surface area contributed by atoms with Gasteiger partial charge in [-0.1, -0.05) is 32.0 Å². The number of carbonyl (C=O) groups is 2. The van der Waals surface area contributed by atoms with E-state index in [1.54, 1.807) is 4.90 Å². The average Bonchev–Trinajstić information content (AvgIpc) is 2.34. The second-order valence-corrected chi connectivity index (χ2v) is 4.95. The van der Waals surface area contributed by atoms with Crippen molar-refractivity contribution in [3.8, 4) is 0 Å². The van der Waals surface area contributed by atoms with Crippen LogP contribution >= 0.6 is 0 Å². The van der Waals surface area contributed by atoms with E-state index in [1.807, 2.05) is 38.1 Å². The molecular formula is C14H22N4O2. The van der Waals surface area contributed by atoms with Crippen LogP contribution in [-0.2, 0) is 16.1 Å². The molecule has 5 N–H and O–H groups in total. The number of amides is 2. The number of carbonyl (C=O) groups excluding carboxylic acids is 2. The molecule has 1 aromatic rings. The quantitative estimate of drug-likeness (QED) is 0.621. The molecular weight excluding hydrogens is 256 g/mol. The lowest BCUT2D eigenvalue weighted by Gasteiger charge is -2.25. The number of benzene rings is 1. The van der Waals surface area contributed by atoms with Gasteiger partial charge in [0.15, 0.2) is 0 Å². The Morgan fingerprint density at radius 3 is 2.20 bits per heavy atom. The summed E-state index contributed by atoms with van der Waals surface area (Å²) in [5.41, 5.74) is 12.2. The van der Waals surface area contributed by atoms with Crippen molar-refractivity contribution in [3.05, 3.63) is 29.8 Å². The third kappa shape index (κ3) is 5.27. The Bertz CT molecular complexity index is 458. The van der Waals surface area contributed by atoms with Gasteiger partial charge >= 0.3 is 0 Å². The van der Waals surface area contributed by atoms with Crippen molar-refractivity contribution < 1.29 is 9.59 Å². The predicted octanol–water partition coefficient (Wildman–Crippen LogP) is -0.0384. The molecule has 0 saturated carbocycles. The fourth-order valence-electron chi connectivity index (χ4n) is 1.89. The van der Waals surface area contributed by atoms with Crippen molar-refractivity contribution in [3.63, 3.8) is 0 Å². The van der Waals surface area contributed by atoms with Crippen LogP contribution in [0.15, 0.2) is 24.3 Å². The smallest absolute Gasteiger partial charge is 0.236 e. The van der Waals surface area contributed by atoms with Crippen LogP contribution in [0.1, 0.15) is 19.4 Å². The molecule has 0 aliphatic heterocycles. The Morgan fingerprint density at radius 2 is 1.70 bits per heavy atom. The number of nitrogens with two attached hydrogens (primary N) is 2. The predicted molar refractivity (Wildman–Crippen MR) is 79.0 cm³/mol. The van der Waals surface area contributed by atoms with Gasteiger partial charge in [0.05, 0.1) is 13.1 Å². The van der Waals surface area contributed by atoms with Gasteiger partial charge in [-0.15, -0.1) is 0 Å². The molecule has 0 aliphatic carbocycles. The van der Waals surface area contributed by atoms with E-state index in [0.29, 0.717) is 12.6 Å². The summed E-state index contributed by atoms with van der Waals surface area (Å²) in [5.74, 6) is -1.00. The number of hydrogen-bond donors (Lipinski definition) is 3. The highest BCUT2D eigenvalue weighted by atomic mass is 16.2. The van der Waals surface area contributed by atoms with Gasteiger partial charge in [-0.2, -0.15) is 0 Å². The molecule has 2 amide bonds. The van der Waals surface area contributed by atoms with E-state index in [0.717, 1.165) is 11.3 Å². The summed E-state index contributed by atoms with van der Waals surface area (Å²) in [4.78, 5) is 23.9. The molecule has 0 heterocycles. The number of hydrogen-bond acceptors (Lipinski definition) is 4. The molecule has 110 valence electrons. The summed E-state index contributed by atoms with van der Waals surface area (Å²) < 4.78 is 0. The molecule has 0 radical (unpaired) electrons. The highest BCUT2D eigenvalue weighted by molar-refractivity contribution is 5.85. The fourth-order valence-corrected chi connectivity index (χ4v) is 1.89. The van der Waals surface area contributed by atoms with Crippen molar-refractivity contribution in [1.82, 2.24) is 5.32 Å². The first-order valence-electron chi connectivity index (χ1n) is 6.53. The van der Waals surface area contributed by atoms with E-state index >= 15 is 0 Å². The van der Waals surface area contributed by atoms with Gasteiger partial charge in [-0.25, -0.2) is 0 Å². The Labute approximate surface area is 119 Å². The zero-order valence-corrected chi connectivity index (χ0v) is 11.9. The number of nitrogens with zero attached hydrogens (tertiary/aromatic N) is 1. The van der Waals surface area contributed by atoms with E-state index in [1.165, 1.54) is 0 Å². The van der Waals surface area contributed by atoms with Crippen molar-refractivity contribution in [1.29, 1.82) is 0 Å². The first-order chi connectivity index (χ1) is 9.40. The molecule has 6 nitrogen and oxygen atoms in total. The van der Waals surface area contributed by atoms with E-state index in [-0.39, 0.29) is 13.1 Å². The van der Waals surface area contributed by atoms with E-state index < -0.39 is 11.8 Å². The highest BCUT2D eigenvalue weighted by Crippen LogP contribution is 2.20. The maximum atomic E-state index is 11.2. The largest absolute Gasteiger partial charge is 0.368 e. The van der Waals surface area contributed by atoms with Gasteiger partial charge < -0.3 is 21.7 Å². The second kappa shape index (κ2) is 7.49. The Kier molecular flexibility index (Phi) is 5.99. The summed E-state index contributed by atoms with van der Waals surface area (Å²) in [6.07, 6.45) is 0. The first-order valence-corrected chi connectivity index (χ1v) is 6.53. The number of anilines is 1. The van der Waals surface area contributed by atoms with Crippen molar-refractivity contribution >= 4 is 17.5 Å². The molecule has 0 atom stereocenters. The van der Waals surface area contributed by atoms with Crippen LogP contribution in [0.4, 0.5) is 5.69 Å². The minimum atomic E-state index is -0.502. The average molecular weight is 278 g/mol. The van der Waals surface area contributed by atoms with Gasteiger partial charge in [0.2, 0.25) is 11.8 Å². The summed E-state index contributed by atoms with van der Waals surface area (Å²) in [5, 5.41) is 3.30. The summed E-state index contributed by atoms with van der Waals surface area (Å²) in [6.45, 7) is 4.66. The van der Waals surface area contributed by atoms with E-state index in [2.05, 4.69) is 5.32 Å². The summed E-state index contributed by atoms with van der Waals surface area (Å²) >= 11 is 0. The Hall–Kier alpha value is -2.08.